The van der Waals surface area contributed by atoms with E-state index in [-0.39, 0.29) is 0 Å². The molecule has 0 spiro atoms. The van der Waals surface area contributed by atoms with Crippen LogP contribution in [0.4, 0.5) is 11.4 Å². The van der Waals surface area contributed by atoms with Crippen molar-refractivity contribution >= 4 is 72.0 Å². The van der Waals surface area contributed by atoms with E-state index in [0.29, 0.717) is 10.0 Å². The summed E-state index contributed by atoms with van der Waals surface area (Å²) >= 11 is 18.1. The molecule has 0 bridgehead atoms. The third kappa shape index (κ3) is 3.88. The predicted molar refractivity (Wildman–Crippen MR) is 99.0 cm³/mol. The second-order valence-corrected chi connectivity index (χ2v) is 6.71. The Morgan fingerprint density at radius 3 is 2.48 bits per heavy atom. The standard InChI is InChI=1S/C14H11Br2ClN2OS/c1-20-13-6-12(8(15)5-9(13)16)19-11-3-2-7(14(18)21)4-10(11)17/h2-6,19H,1H3,(H2,18,21). The minimum absolute atomic E-state index is 0.315. The van der Waals surface area contributed by atoms with Gasteiger partial charge in [-0.3, -0.25) is 0 Å². The van der Waals surface area contributed by atoms with Crippen LogP contribution in [-0.2, 0) is 0 Å². The molecule has 0 atom stereocenters. The van der Waals surface area contributed by atoms with Crippen molar-refractivity contribution in [1.82, 2.24) is 0 Å². The number of anilines is 2. The molecular formula is C14H11Br2ClN2OS. The molecule has 2 rings (SSSR count). The summed E-state index contributed by atoms with van der Waals surface area (Å²) in [6, 6.07) is 9.15. The smallest absolute Gasteiger partial charge is 0.135 e. The summed E-state index contributed by atoms with van der Waals surface area (Å²) in [4.78, 5) is 0.315. The van der Waals surface area contributed by atoms with E-state index in [2.05, 4.69) is 37.2 Å². The number of halogens is 3. The van der Waals surface area contributed by atoms with Gasteiger partial charge in [0.1, 0.15) is 10.7 Å². The van der Waals surface area contributed by atoms with Crippen LogP contribution in [0, 0.1) is 0 Å². The first-order chi connectivity index (χ1) is 9.92. The number of thiocarbonyl (C=S) groups is 1. The van der Waals surface area contributed by atoms with Crippen molar-refractivity contribution in [3.8, 4) is 5.75 Å². The molecular weight excluding hydrogens is 439 g/mol. The Kier molecular flexibility index (Phi) is 5.48. The van der Waals surface area contributed by atoms with Crippen molar-refractivity contribution in [3.05, 3.63) is 49.9 Å². The first-order valence-corrected chi connectivity index (χ1v) is 8.19. The molecule has 0 aliphatic heterocycles. The van der Waals surface area contributed by atoms with Crippen LogP contribution >= 0.6 is 55.7 Å². The van der Waals surface area contributed by atoms with Crippen molar-refractivity contribution in [2.75, 3.05) is 12.4 Å². The van der Waals surface area contributed by atoms with Crippen molar-refractivity contribution in [2.24, 2.45) is 5.73 Å². The molecule has 0 fully saturated rings. The molecule has 0 heterocycles. The zero-order valence-corrected chi connectivity index (χ0v) is 15.7. The summed E-state index contributed by atoms with van der Waals surface area (Å²) in [6.07, 6.45) is 0. The topological polar surface area (TPSA) is 47.3 Å². The predicted octanol–water partition coefficient (Wildman–Crippen LogP) is 5.25. The minimum Gasteiger partial charge on any atom is -0.495 e. The number of nitrogens with two attached hydrogens (primary N) is 1. The molecule has 7 heteroatoms. The summed E-state index contributed by atoms with van der Waals surface area (Å²) in [5.74, 6) is 0.719. The van der Waals surface area contributed by atoms with Gasteiger partial charge in [-0.25, -0.2) is 0 Å². The van der Waals surface area contributed by atoms with E-state index in [1.54, 1.807) is 13.2 Å². The number of methoxy groups -OCH3 is 1. The normalized spacial score (nSPS) is 10.3. The van der Waals surface area contributed by atoms with Crippen LogP contribution in [0.15, 0.2) is 39.3 Å². The van der Waals surface area contributed by atoms with Crippen LogP contribution in [0.3, 0.4) is 0 Å². The Morgan fingerprint density at radius 2 is 1.90 bits per heavy atom. The van der Waals surface area contributed by atoms with Crippen molar-refractivity contribution in [2.45, 2.75) is 0 Å². The fourth-order valence-electron chi connectivity index (χ4n) is 1.70. The van der Waals surface area contributed by atoms with Gasteiger partial charge in [-0.05, 0) is 56.1 Å². The molecule has 2 aromatic carbocycles. The number of benzene rings is 2. The van der Waals surface area contributed by atoms with Gasteiger partial charge in [-0.1, -0.05) is 23.8 Å². The van der Waals surface area contributed by atoms with Gasteiger partial charge in [0.25, 0.3) is 0 Å². The number of ether oxygens (including phenoxy) is 1. The summed E-state index contributed by atoms with van der Waals surface area (Å²) < 4.78 is 7.02. The van der Waals surface area contributed by atoms with Crippen LogP contribution in [0.2, 0.25) is 5.02 Å². The number of nitrogens with one attached hydrogen (secondary N) is 1. The molecule has 0 saturated heterocycles. The monoisotopic (exact) mass is 448 g/mol. The van der Waals surface area contributed by atoms with E-state index < -0.39 is 0 Å². The van der Waals surface area contributed by atoms with E-state index in [1.807, 2.05) is 24.3 Å². The Hall–Kier alpha value is -0.820. The Bertz CT molecular complexity index is 710. The van der Waals surface area contributed by atoms with Crippen LogP contribution in [-0.4, -0.2) is 12.1 Å². The number of rotatable bonds is 4. The molecule has 21 heavy (non-hydrogen) atoms. The zero-order valence-electron chi connectivity index (χ0n) is 10.9. The van der Waals surface area contributed by atoms with Gasteiger partial charge >= 0.3 is 0 Å². The van der Waals surface area contributed by atoms with E-state index in [0.717, 1.165) is 31.6 Å². The zero-order chi connectivity index (χ0) is 15.6. The Morgan fingerprint density at radius 1 is 1.19 bits per heavy atom. The van der Waals surface area contributed by atoms with Gasteiger partial charge < -0.3 is 15.8 Å². The lowest BCUT2D eigenvalue weighted by Crippen LogP contribution is -2.09. The fraction of sp³-hybridized carbons (Fsp3) is 0.0714. The highest BCUT2D eigenvalue weighted by Gasteiger charge is 2.10. The van der Waals surface area contributed by atoms with E-state index >= 15 is 0 Å². The Labute approximate surface area is 150 Å². The van der Waals surface area contributed by atoms with Crippen LogP contribution in [0.25, 0.3) is 0 Å². The number of hydrogen-bond acceptors (Lipinski definition) is 3. The summed E-state index contributed by atoms with van der Waals surface area (Å²) in [5.41, 5.74) is 7.90. The average molecular weight is 451 g/mol. The Balaban J connectivity index is 2.36. The second kappa shape index (κ2) is 6.96. The molecule has 2 aromatic rings. The molecule has 3 N–H and O–H groups in total. The molecule has 3 nitrogen and oxygen atoms in total. The molecule has 0 aliphatic carbocycles. The summed E-state index contributed by atoms with van der Waals surface area (Å²) in [7, 11) is 1.61. The first-order valence-electron chi connectivity index (χ1n) is 5.81. The third-order valence-electron chi connectivity index (χ3n) is 2.76. The molecule has 0 amide bonds. The summed E-state index contributed by atoms with van der Waals surface area (Å²) in [5, 5.41) is 3.78. The maximum atomic E-state index is 6.25. The van der Waals surface area contributed by atoms with Crippen LogP contribution < -0.4 is 15.8 Å². The molecule has 0 radical (unpaired) electrons. The second-order valence-electron chi connectivity index (χ2n) is 4.15. The van der Waals surface area contributed by atoms with Crippen LogP contribution in [0.1, 0.15) is 5.56 Å². The number of hydrogen-bond donors (Lipinski definition) is 2. The molecule has 110 valence electrons. The lowest BCUT2D eigenvalue weighted by Gasteiger charge is -2.13. The lowest BCUT2D eigenvalue weighted by molar-refractivity contribution is 0.412. The van der Waals surface area contributed by atoms with Gasteiger partial charge in [0, 0.05) is 16.1 Å². The molecule has 0 unspecified atom stereocenters. The van der Waals surface area contributed by atoms with E-state index in [4.69, 9.17) is 34.3 Å². The van der Waals surface area contributed by atoms with Crippen molar-refractivity contribution in [1.29, 1.82) is 0 Å². The van der Waals surface area contributed by atoms with Gasteiger partial charge in [0.05, 0.1) is 28.0 Å². The largest absolute Gasteiger partial charge is 0.495 e. The van der Waals surface area contributed by atoms with E-state index in [1.165, 1.54) is 0 Å². The van der Waals surface area contributed by atoms with Gasteiger partial charge in [0.15, 0.2) is 0 Å². The highest BCUT2D eigenvalue weighted by atomic mass is 79.9. The van der Waals surface area contributed by atoms with Gasteiger partial charge in [0.2, 0.25) is 0 Å². The van der Waals surface area contributed by atoms with Crippen LogP contribution in [0.5, 0.6) is 5.75 Å². The minimum atomic E-state index is 0.315. The maximum Gasteiger partial charge on any atom is 0.135 e. The third-order valence-corrected chi connectivity index (χ3v) is 4.59. The molecule has 0 aromatic heterocycles. The van der Waals surface area contributed by atoms with Gasteiger partial charge in [-0.2, -0.15) is 0 Å². The lowest BCUT2D eigenvalue weighted by atomic mass is 10.2. The van der Waals surface area contributed by atoms with Crippen molar-refractivity contribution < 1.29 is 4.74 Å². The maximum absolute atomic E-state index is 6.25. The fourth-order valence-corrected chi connectivity index (χ4v) is 3.31. The molecule has 0 aliphatic rings. The highest BCUT2D eigenvalue weighted by molar-refractivity contribution is 9.11. The van der Waals surface area contributed by atoms with Crippen molar-refractivity contribution in [3.63, 3.8) is 0 Å². The SMILES string of the molecule is COc1cc(Nc2ccc(C(N)=S)cc2Cl)c(Br)cc1Br. The average Bonchev–Trinajstić information content (AvgIpc) is 2.43. The summed E-state index contributed by atoms with van der Waals surface area (Å²) in [6.45, 7) is 0. The first kappa shape index (κ1) is 16.5. The van der Waals surface area contributed by atoms with E-state index in [9.17, 15) is 0 Å². The highest BCUT2D eigenvalue weighted by Crippen LogP contribution is 2.37. The molecule has 0 saturated carbocycles. The van der Waals surface area contributed by atoms with Gasteiger partial charge in [-0.15, -0.1) is 0 Å². The quantitative estimate of drug-likeness (QED) is 0.625.